The SMILES string of the molecule is COc1ccc(Cn2cnc3c4cc(C)ccc4n(CC(=O)Nc4ccccc4F)c3c2=O)cc1. The summed E-state index contributed by atoms with van der Waals surface area (Å²) in [5.41, 5.74) is 3.30. The van der Waals surface area contributed by atoms with Crippen LogP contribution in [0, 0.1) is 12.7 Å². The van der Waals surface area contributed by atoms with E-state index in [0.29, 0.717) is 23.1 Å². The molecule has 0 aliphatic carbocycles. The smallest absolute Gasteiger partial charge is 0.278 e. The number of para-hydroxylation sites is 1. The van der Waals surface area contributed by atoms with E-state index in [1.807, 2.05) is 49.4 Å². The zero-order chi connectivity index (χ0) is 24.5. The number of hydrogen-bond donors (Lipinski definition) is 1. The van der Waals surface area contributed by atoms with E-state index in [0.717, 1.165) is 22.3 Å². The van der Waals surface area contributed by atoms with Gasteiger partial charge in [-0.15, -0.1) is 0 Å². The molecular weight excluding hydrogens is 447 g/mol. The van der Waals surface area contributed by atoms with E-state index in [9.17, 15) is 14.0 Å². The number of fused-ring (bicyclic) bond motifs is 3. The van der Waals surface area contributed by atoms with Crippen LogP contribution in [0.4, 0.5) is 10.1 Å². The van der Waals surface area contributed by atoms with Gasteiger partial charge in [0.1, 0.15) is 29.1 Å². The first-order valence-electron chi connectivity index (χ1n) is 11.1. The van der Waals surface area contributed by atoms with E-state index in [4.69, 9.17) is 4.74 Å². The second-order valence-corrected chi connectivity index (χ2v) is 8.36. The van der Waals surface area contributed by atoms with Gasteiger partial charge < -0.3 is 14.6 Å². The molecule has 0 fully saturated rings. The van der Waals surface area contributed by atoms with E-state index >= 15 is 0 Å². The lowest BCUT2D eigenvalue weighted by atomic mass is 10.1. The number of nitrogens with one attached hydrogen (secondary N) is 1. The highest BCUT2D eigenvalue weighted by molar-refractivity contribution is 6.06. The van der Waals surface area contributed by atoms with Gasteiger partial charge in [0.2, 0.25) is 5.91 Å². The fourth-order valence-electron chi connectivity index (χ4n) is 4.21. The van der Waals surface area contributed by atoms with E-state index in [1.165, 1.54) is 23.0 Å². The van der Waals surface area contributed by atoms with Crippen molar-refractivity contribution in [1.82, 2.24) is 14.1 Å². The van der Waals surface area contributed by atoms with Gasteiger partial charge in [0, 0.05) is 5.39 Å². The Kier molecular flexibility index (Phi) is 5.78. The van der Waals surface area contributed by atoms with Crippen LogP contribution in [0.25, 0.3) is 21.9 Å². The van der Waals surface area contributed by atoms with Crippen LogP contribution in [-0.4, -0.2) is 27.1 Å². The van der Waals surface area contributed by atoms with Gasteiger partial charge in [0.25, 0.3) is 5.56 Å². The highest BCUT2D eigenvalue weighted by atomic mass is 19.1. The monoisotopic (exact) mass is 470 g/mol. The molecule has 2 heterocycles. The van der Waals surface area contributed by atoms with Crippen molar-refractivity contribution in [1.29, 1.82) is 0 Å². The lowest BCUT2D eigenvalue weighted by molar-refractivity contribution is -0.116. The normalized spacial score (nSPS) is 11.2. The molecule has 8 heteroatoms. The van der Waals surface area contributed by atoms with Crippen molar-refractivity contribution in [2.45, 2.75) is 20.0 Å². The molecule has 5 aromatic rings. The van der Waals surface area contributed by atoms with Crippen LogP contribution in [0.15, 0.2) is 77.9 Å². The Labute approximate surface area is 200 Å². The zero-order valence-electron chi connectivity index (χ0n) is 19.3. The third-order valence-electron chi connectivity index (χ3n) is 5.94. The second-order valence-electron chi connectivity index (χ2n) is 8.36. The molecule has 0 bridgehead atoms. The Morgan fingerprint density at radius 3 is 2.60 bits per heavy atom. The van der Waals surface area contributed by atoms with Gasteiger partial charge in [-0.1, -0.05) is 35.9 Å². The summed E-state index contributed by atoms with van der Waals surface area (Å²) < 4.78 is 22.4. The lowest BCUT2D eigenvalue weighted by Gasteiger charge is -2.10. The van der Waals surface area contributed by atoms with Crippen LogP contribution in [0.5, 0.6) is 5.75 Å². The molecule has 1 amide bonds. The fourth-order valence-corrected chi connectivity index (χ4v) is 4.21. The van der Waals surface area contributed by atoms with Gasteiger partial charge in [-0.2, -0.15) is 0 Å². The van der Waals surface area contributed by atoms with Crippen LogP contribution in [-0.2, 0) is 17.9 Å². The minimum Gasteiger partial charge on any atom is -0.497 e. The van der Waals surface area contributed by atoms with E-state index in [-0.39, 0.29) is 17.8 Å². The van der Waals surface area contributed by atoms with Gasteiger partial charge in [0.15, 0.2) is 0 Å². The molecule has 7 nitrogen and oxygen atoms in total. The van der Waals surface area contributed by atoms with Crippen molar-refractivity contribution in [2.24, 2.45) is 0 Å². The lowest BCUT2D eigenvalue weighted by Crippen LogP contribution is -2.25. The summed E-state index contributed by atoms with van der Waals surface area (Å²) >= 11 is 0. The van der Waals surface area contributed by atoms with Crippen molar-refractivity contribution in [3.63, 3.8) is 0 Å². The molecule has 2 aromatic heterocycles. The number of aryl methyl sites for hydroxylation is 1. The van der Waals surface area contributed by atoms with Gasteiger partial charge in [-0.25, -0.2) is 9.37 Å². The van der Waals surface area contributed by atoms with Crippen molar-refractivity contribution in [3.05, 3.63) is 100 Å². The second kappa shape index (κ2) is 9.06. The fraction of sp³-hybridized carbons (Fsp3) is 0.148. The minimum absolute atomic E-state index is 0.0872. The molecule has 0 atom stereocenters. The summed E-state index contributed by atoms with van der Waals surface area (Å²) in [6.07, 6.45) is 1.53. The highest BCUT2D eigenvalue weighted by Crippen LogP contribution is 2.27. The average Bonchev–Trinajstić information content (AvgIpc) is 3.15. The Bertz CT molecular complexity index is 1620. The Morgan fingerprint density at radius 1 is 1.09 bits per heavy atom. The number of benzene rings is 3. The first-order chi connectivity index (χ1) is 16.9. The molecule has 0 saturated heterocycles. The number of aromatic nitrogens is 3. The molecule has 0 saturated carbocycles. The highest BCUT2D eigenvalue weighted by Gasteiger charge is 2.19. The standard InChI is InChI=1S/C27H23FN4O3/c1-17-7-12-23-20(13-17)25-26(32(23)15-24(33)30-22-6-4-3-5-21(22)28)27(34)31(16-29-25)14-18-8-10-19(35-2)11-9-18/h3-13,16H,14-15H2,1-2H3,(H,30,33). The van der Waals surface area contributed by atoms with Crippen LogP contribution in [0.3, 0.4) is 0 Å². The maximum atomic E-state index is 14.1. The number of ether oxygens (including phenoxy) is 1. The number of carbonyl (C=O) groups is 1. The molecule has 0 aliphatic rings. The van der Waals surface area contributed by atoms with Gasteiger partial charge in [0.05, 0.1) is 31.2 Å². The molecule has 3 aromatic carbocycles. The summed E-state index contributed by atoms with van der Waals surface area (Å²) in [6.45, 7) is 2.10. The number of amides is 1. The molecule has 0 aliphatic heterocycles. The van der Waals surface area contributed by atoms with Crippen molar-refractivity contribution >= 4 is 33.5 Å². The number of nitrogens with zero attached hydrogens (tertiary/aromatic N) is 3. The van der Waals surface area contributed by atoms with Crippen molar-refractivity contribution in [2.75, 3.05) is 12.4 Å². The van der Waals surface area contributed by atoms with Crippen molar-refractivity contribution in [3.8, 4) is 5.75 Å². The van der Waals surface area contributed by atoms with Gasteiger partial charge in [-0.05, 0) is 48.9 Å². The molecule has 176 valence electrons. The number of halogens is 1. The Balaban J connectivity index is 1.59. The van der Waals surface area contributed by atoms with Crippen LogP contribution in [0.2, 0.25) is 0 Å². The van der Waals surface area contributed by atoms with E-state index in [2.05, 4.69) is 10.3 Å². The summed E-state index contributed by atoms with van der Waals surface area (Å²) in [4.78, 5) is 31.1. The van der Waals surface area contributed by atoms with Crippen molar-refractivity contribution < 1.29 is 13.9 Å². The van der Waals surface area contributed by atoms with E-state index < -0.39 is 11.7 Å². The topological polar surface area (TPSA) is 78.2 Å². The molecule has 35 heavy (non-hydrogen) atoms. The summed E-state index contributed by atoms with van der Waals surface area (Å²) in [7, 11) is 1.60. The molecule has 0 radical (unpaired) electrons. The average molecular weight is 471 g/mol. The maximum absolute atomic E-state index is 14.1. The molecule has 1 N–H and O–H groups in total. The summed E-state index contributed by atoms with van der Waals surface area (Å²) in [6, 6.07) is 19.1. The first-order valence-corrected chi connectivity index (χ1v) is 11.1. The van der Waals surface area contributed by atoms with Crippen LogP contribution >= 0.6 is 0 Å². The van der Waals surface area contributed by atoms with E-state index in [1.54, 1.807) is 23.8 Å². The first kappa shape index (κ1) is 22.3. The largest absolute Gasteiger partial charge is 0.497 e. The molecule has 0 spiro atoms. The quantitative estimate of drug-likeness (QED) is 0.397. The Hall–Kier alpha value is -4.46. The third-order valence-corrected chi connectivity index (χ3v) is 5.94. The third kappa shape index (κ3) is 4.26. The summed E-state index contributed by atoms with van der Waals surface area (Å²) in [5, 5.41) is 3.38. The minimum atomic E-state index is -0.526. The summed E-state index contributed by atoms with van der Waals surface area (Å²) in [5.74, 6) is -0.243. The number of carbonyl (C=O) groups excluding carboxylic acids is 1. The van der Waals surface area contributed by atoms with Gasteiger partial charge in [-0.3, -0.25) is 14.2 Å². The Morgan fingerprint density at radius 2 is 1.86 bits per heavy atom. The van der Waals surface area contributed by atoms with Gasteiger partial charge >= 0.3 is 0 Å². The maximum Gasteiger partial charge on any atom is 0.278 e. The predicted molar refractivity (Wildman–Crippen MR) is 133 cm³/mol. The number of anilines is 1. The van der Waals surface area contributed by atoms with Crippen LogP contribution in [0.1, 0.15) is 11.1 Å². The molecule has 0 unspecified atom stereocenters. The molecular formula is C27H23FN4O3. The van der Waals surface area contributed by atoms with Crippen LogP contribution < -0.4 is 15.6 Å². The predicted octanol–water partition coefficient (Wildman–Crippen LogP) is 4.49. The number of rotatable bonds is 6. The molecule has 5 rings (SSSR count). The zero-order valence-corrected chi connectivity index (χ0v) is 19.3. The number of methoxy groups -OCH3 is 1. The number of hydrogen-bond acceptors (Lipinski definition) is 4.